The van der Waals surface area contributed by atoms with Gasteiger partial charge in [-0.25, -0.2) is 0 Å². The van der Waals surface area contributed by atoms with Crippen molar-refractivity contribution in [1.82, 2.24) is 0 Å². The number of carbonyl (C=O) groups is 1. The summed E-state index contributed by atoms with van der Waals surface area (Å²) in [7, 11) is 0. The van der Waals surface area contributed by atoms with Crippen LogP contribution in [0.2, 0.25) is 0 Å². The molecule has 0 heterocycles. The molecule has 0 unspecified atom stereocenters. The van der Waals surface area contributed by atoms with Crippen molar-refractivity contribution in [2.24, 2.45) is 5.92 Å². The van der Waals surface area contributed by atoms with Gasteiger partial charge >= 0.3 is 0 Å². The summed E-state index contributed by atoms with van der Waals surface area (Å²) in [4.78, 5) is 11.2. The monoisotopic (exact) mass is 186 g/mol. The number of benzene rings is 1. The van der Waals surface area contributed by atoms with Crippen LogP contribution in [0.5, 0.6) is 0 Å². The van der Waals surface area contributed by atoms with Crippen molar-refractivity contribution >= 4 is 5.78 Å². The Labute approximate surface area is 85.1 Å². The van der Waals surface area contributed by atoms with Crippen LogP contribution in [-0.4, -0.2) is 5.78 Å². The predicted molar refractivity (Wildman–Crippen MR) is 57.9 cm³/mol. The van der Waals surface area contributed by atoms with E-state index in [1.54, 1.807) is 0 Å². The summed E-state index contributed by atoms with van der Waals surface area (Å²) in [5, 5.41) is 0. The molecule has 0 spiro atoms. The quantitative estimate of drug-likeness (QED) is 0.616. The van der Waals surface area contributed by atoms with E-state index >= 15 is 0 Å². The van der Waals surface area contributed by atoms with Gasteiger partial charge in [-0.3, -0.25) is 4.79 Å². The van der Waals surface area contributed by atoms with Crippen LogP contribution in [0.1, 0.15) is 25.0 Å². The third-order valence-corrected chi connectivity index (χ3v) is 1.91. The lowest BCUT2D eigenvalue weighted by Gasteiger charge is -1.93. The van der Waals surface area contributed by atoms with Gasteiger partial charge in [0.05, 0.1) is 0 Å². The highest BCUT2D eigenvalue weighted by molar-refractivity contribution is 5.97. The van der Waals surface area contributed by atoms with Crippen LogP contribution in [0.3, 0.4) is 0 Å². The normalized spacial score (nSPS) is 9.43. The summed E-state index contributed by atoms with van der Waals surface area (Å²) >= 11 is 0. The molecule has 0 saturated heterocycles. The molecule has 0 aliphatic heterocycles. The lowest BCUT2D eigenvalue weighted by Crippen LogP contribution is -2.02. The average Bonchev–Trinajstić information content (AvgIpc) is 2.16. The zero-order valence-corrected chi connectivity index (χ0v) is 8.79. The molecular weight excluding hydrogens is 172 g/mol. The van der Waals surface area contributed by atoms with Gasteiger partial charge in [-0.1, -0.05) is 37.5 Å². The maximum absolute atomic E-state index is 11.2. The third kappa shape index (κ3) is 3.06. The van der Waals surface area contributed by atoms with E-state index in [9.17, 15) is 4.79 Å². The highest BCUT2D eigenvalue weighted by Gasteiger charge is 2.01. The molecular formula is C13H14O. The minimum absolute atomic E-state index is 0.00653. The lowest BCUT2D eigenvalue weighted by atomic mass is 10.1. The summed E-state index contributed by atoms with van der Waals surface area (Å²) in [5.41, 5.74) is 2.09. The molecule has 1 aromatic carbocycles. The number of carbonyl (C=O) groups excluding carboxylic acids is 1. The van der Waals surface area contributed by atoms with E-state index in [1.165, 1.54) is 5.56 Å². The van der Waals surface area contributed by atoms with Gasteiger partial charge in [0.1, 0.15) is 0 Å². The Kier molecular flexibility index (Phi) is 3.48. The molecule has 0 atom stereocenters. The molecule has 0 fully saturated rings. The van der Waals surface area contributed by atoms with Crippen LogP contribution in [0.25, 0.3) is 0 Å². The first-order valence-electron chi connectivity index (χ1n) is 4.72. The van der Waals surface area contributed by atoms with Crippen molar-refractivity contribution in [3.05, 3.63) is 35.4 Å². The minimum Gasteiger partial charge on any atom is -0.285 e. The van der Waals surface area contributed by atoms with E-state index in [4.69, 9.17) is 0 Å². The molecule has 1 nitrogen and oxygen atoms in total. The highest BCUT2D eigenvalue weighted by Crippen LogP contribution is 2.01. The second kappa shape index (κ2) is 4.62. The van der Waals surface area contributed by atoms with Crippen molar-refractivity contribution < 1.29 is 4.79 Å². The molecule has 0 aliphatic rings. The van der Waals surface area contributed by atoms with Gasteiger partial charge < -0.3 is 0 Å². The van der Waals surface area contributed by atoms with Crippen molar-refractivity contribution in [2.75, 3.05) is 0 Å². The van der Waals surface area contributed by atoms with Gasteiger partial charge in [-0.05, 0) is 25.0 Å². The van der Waals surface area contributed by atoms with Gasteiger partial charge in [0.25, 0.3) is 0 Å². The number of hydrogen-bond donors (Lipinski definition) is 0. The zero-order valence-electron chi connectivity index (χ0n) is 8.79. The Morgan fingerprint density at radius 3 is 2.29 bits per heavy atom. The SMILES string of the molecule is Cc1ccc(C#CC(=O)C(C)C)cc1. The minimum atomic E-state index is -0.00873. The second-order valence-corrected chi connectivity index (χ2v) is 3.63. The standard InChI is InChI=1S/C13H14O/c1-10(2)13(14)9-8-12-6-4-11(3)5-7-12/h4-7,10H,1-3H3. The van der Waals surface area contributed by atoms with Crippen molar-refractivity contribution in [2.45, 2.75) is 20.8 Å². The number of Topliss-reactive ketones (excluding diaryl/α,β-unsaturated/α-hetero) is 1. The number of ketones is 1. The first-order valence-corrected chi connectivity index (χ1v) is 4.72. The van der Waals surface area contributed by atoms with Gasteiger partial charge in [0.15, 0.2) is 0 Å². The molecule has 1 rings (SSSR count). The molecule has 72 valence electrons. The first kappa shape index (κ1) is 10.5. The van der Waals surface area contributed by atoms with Gasteiger partial charge in [-0.15, -0.1) is 0 Å². The summed E-state index contributed by atoms with van der Waals surface area (Å²) in [6, 6.07) is 7.83. The molecule has 0 aromatic heterocycles. The Balaban J connectivity index is 2.78. The van der Waals surface area contributed by atoms with Crippen molar-refractivity contribution in [3.63, 3.8) is 0 Å². The maximum Gasteiger partial charge on any atom is 0.208 e. The molecule has 0 amide bonds. The van der Waals surface area contributed by atoms with Crippen molar-refractivity contribution in [1.29, 1.82) is 0 Å². The van der Waals surface area contributed by atoms with Crippen LogP contribution in [0.4, 0.5) is 0 Å². The largest absolute Gasteiger partial charge is 0.285 e. The van der Waals surface area contributed by atoms with E-state index in [2.05, 4.69) is 11.8 Å². The fourth-order valence-electron chi connectivity index (χ4n) is 0.915. The number of hydrogen-bond acceptors (Lipinski definition) is 1. The summed E-state index contributed by atoms with van der Waals surface area (Å²) < 4.78 is 0. The van der Waals surface area contributed by atoms with Gasteiger partial charge in [0, 0.05) is 11.5 Å². The molecule has 0 saturated carbocycles. The summed E-state index contributed by atoms with van der Waals surface area (Å²) in [6.07, 6.45) is 0. The van der Waals surface area contributed by atoms with Crippen LogP contribution >= 0.6 is 0 Å². The molecule has 0 N–H and O–H groups in total. The average molecular weight is 186 g/mol. The summed E-state index contributed by atoms with van der Waals surface area (Å²) in [5.74, 6) is 5.47. The van der Waals surface area contributed by atoms with Crippen LogP contribution in [0, 0.1) is 24.7 Å². The molecule has 1 aromatic rings. The van der Waals surface area contributed by atoms with E-state index < -0.39 is 0 Å². The molecule has 14 heavy (non-hydrogen) atoms. The maximum atomic E-state index is 11.2. The predicted octanol–water partition coefficient (Wildman–Crippen LogP) is 2.57. The zero-order chi connectivity index (χ0) is 10.6. The fourth-order valence-corrected chi connectivity index (χ4v) is 0.915. The molecule has 0 bridgehead atoms. The molecule has 0 radical (unpaired) electrons. The topological polar surface area (TPSA) is 17.1 Å². The summed E-state index contributed by atoms with van der Waals surface area (Å²) in [6.45, 7) is 5.73. The Hall–Kier alpha value is -1.55. The second-order valence-electron chi connectivity index (χ2n) is 3.63. The van der Waals surface area contributed by atoms with E-state index in [0.29, 0.717) is 0 Å². The molecule has 1 heteroatoms. The number of rotatable bonds is 1. The van der Waals surface area contributed by atoms with Crippen LogP contribution in [0.15, 0.2) is 24.3 Å². The van der Waals surface area contributed by atoms with Crippen LogP contribution < -0.4 is 0 Å². The highest BCUT2D eigenvalue weighted by atomic mass is 16.1. The van der Waals surface area contributed by atoms with E-state index in [0.717, 1.165) is 5.56 Å². The van der Waals surface area contributed by atoms with Gasteiger partial charge in [-0.2, -0.15) is 0 Å². The Morgan fingerprint density at radius 1 is 1.21 bits per heavy atom. The van der Waals surface area contributed by atoms with E-state index in [1.807, 2.05) is 45.0 Å². The Bertz CT molecular complexity index is 374. The van der Waals surface area contributed by atoms with Crippen molar-refractivity contribution in [3.8, 4) is 11.8 Å². The van der Waals surface area contributed by atoms with Gasteiger partial charge in [0.2, 0.25) is 5.78 Å². The fraction of sp³-hybridized carbons (Fsp3) is 0.308. The Morgan fingerprint density at radius 2 is 1.79 bits per heavy atom. The third-order valence-electron chi connectivity index (χ3n) is 1.91. The molecule has 0 aliphatic carbocycles. The smallest absolute Gasteiger partial charge is 0.208 e. The van der Waals surface area contributed by atoms with Crippen LogP contribution in [-0.2, 0) is 4.79 Å². The lowest BCUT2D eigenvalue weighted by molar-refractivity contribution is -0.116. The number of aryl methyl sites for hydroxylation is 1. The first-order chi connectivity index (χ1) is 6.59. The van der Waals surface area contributed by atoms with E-state index in [-0.39, 0.29) is 11.7 Å².